The van der Waals surface area contributed by atoms with Crippen LogP contribution in [0.3, 0.4) is 0 Å². The quantitative estimate of drug-likeness (QED) is 0.523. The van der Waals surface area contributed by atoms with Crippen LogP contribution in [0.5, 0.6) is 0 Å². The van der Waals surface area contributed by atoms with Crippen LogP contribution in [0.4, 0.5) is 5.69 Å². The summed E-state index contributed by atoms with van der Waals surface area (Å²) in [5, 5.41) is 11.2. The first-order valence-electron chi connectivity index (χ1n) is 9.80. The minimum Gasteiger partial charge on any atom is -0.480 e. The van der Waals surface area contributed by atoms with Crippen LogP contribution < -0.4 is 10.2 Å². The van der Waals surface area contributed by atoms with E-state index < -0.39 is 23.7 Å². The highest BCUT2D eigenvalue weighted by Crippen LogP contribution is 2.44. The fourth-order valence-electron chi connectivity index (χ4n) is 4.35. The van der Waals surface area contributed by atoms with Crippen molar-refractivity contribution in [3.8, 4) is 12.0 Å². The van der Waals surface area contributed by atoms with Gasteiger partial charge in [0, 0.05) is 32.6 Å². The van der Waals surface area contributed by atoms with E-state index in [9.17, 15) is 19.2 Å². The fourth-order valence-corrected chi connectivity index (χ4v) is 4.35. The number of rotatable bonds is 3. The van der Waals surface area contributed by atoms with Gasteiger partial charge in [-0.2, -0.15) is 0 Å². The highest BCUT2D eigenvalue weighted by atomic mass is 16.4. The van der Waals surface area contributed by atoms with E-state index in [0.717, 1.165) is 5.56 Å². The lowest BCUT2D eigenvalue weighted by atomic mass is 9.81. The van der Waals surface area contributed by atoms with Crippen molar-refractivity contribution in [3.05, 3.63) is 29.3 Å². The van der Waals surface area contributed by atoms with E-state index >= 15 is 0 Å². The maximum Gasteiger partial charge on any atom is 0.317 e. The number of hydrogen-bond donors (Lipinski definition) is 2. The van der Waals surface area contributed by atoms with Crippen LogP contribution in [0.15, 0.2) is 18.2 Å². The molecule has 3 amide bonds. The third-order valence-corrected chi connectivity index (χ3v) is 5.78. The topological polar surface area (TPSA) is 110 Å². The number of anilines is 1. The molecule has 4 rings (SSSR count). The van der Waals surface area contributed by atoms with Gasteiger partial charge < -0.3 is 14.9 Å². The number of nitrogens with zero attached hydrogens (tertiary/aromatic N) is 3. The van der Waals surface area contributed by atoms with Crippen LogP contribution >= 0.6 is 0 Å². The molecule has 3 aliphatic heterocycles. The Morgan fingerprint density at radius 1 is 1.27 bits per heavy atom. The summed E-state index contributed by atoms with van der Waals surface area (Å²) in [5.74, 6) is 0.140. The van der Waals surface area contributed by atoms with Crippen LogP contribution in [0, 0.1) is 17.9 Å². The summed E-state index contributed by atoms with van der Waals surface area (Å²) in [5.41, 5.74) is 2.11. The second-order valence-electron chi connectivity index (χ2n) is 7.76. The van der Waals surface area contributed by atoms with Gasteiger partial charge in [-0.05, 0) is 24.0 Å². The van der Waals surface area contributed by atoms with Crippen molar-refractivity contribution >= 4 is 29.4 Å². The molecule has 2 unspecified atom stereocenters. The Morgan fingerprint density at radius 3 is 2.80 bits per heavy atom. The molecular weight excluding hydrogens is 388 g/mol. The number of para-hydroxylation sites is 1. The molecule has 0 aliphatic carbocycles. The molecule has 0 bridgehead atoms. The maximum atomic E-state index is 13.0. The zero-order valence-electron chi connectivity index (χ0n) is 16.6. The molecule has 156 valence electrons. The van der Waals surface area contributed by atoms with Gasteiger partial charge in [0.2, 0.25) is 17.7 Å². The molecule has 0 spiro atoms. The lowest BCUT2D eigenvalue weighted by molar-refractivity contribution is -0.139. The van der Waals surface area contributed by atoms with Gasteiger partial charge in [0.1, 0.15) is 0 Å². The summed E-state index contributed by atoms with van der Waals surface area (Å²) >= 11 is 0. The molecule has 9 heteroatoms. The Bertz CT molecular complexity index is 995. The van der Waals surface area contributed by atoms with Crippen molar-refractivity contribution in [1.29, 1.82) is 0 Å². The van der Waals surface area contributed by atoms with Crippen molar-refractivity contribution in [1.82, 2.24) is 15.1 Å². The van der Waals surface area contributed by atoms with Crippen LogP contribution in [-0.4, -0.2) is 71.9 Å². The highest BCUT2D eigenvalue weighted by Gasteiger charge is 2.45. The summed E-state index contributed by atoms with van der Waals surface area (Å²) in [6.07, 6.45) is 0.567. The molecule has 0 radical (unpaired) electrons. The number of imide groups is 1. The number of hydrogen-bond acceptors (Lipinski definition) is 6. The molecule has 9 nitrogen and oxygen atoms in total. The van der Waals surface area contributed by atoms with E-state index in [2.05, 4.69) is 17.3 Å². The van der Waals surface area contributed by atoms with Gasteiger partial charge in [-0.15, -0.1) is 0 Å². The Morgan fingerprint density at radius 2 is 2.07 bits per heavy atom. The van der Waals surface area contributed by atoms with Gasteiger partial charge >= 0.3 is 5.97 Å². The predicted octanol–water partition coefficient (Wildman–Crippen LogP) is -0.232. The minimum absolute atomic E-state index is 0.0240. The SMILES string of the molecule is CN1C(=O)C(C2CCC(=O)NC2=O)c2cccc(C#CN3CCN(CC(=O)O)C3)c21. The summed E-state index contributed by atoms with van der Waals surface area (Å²) in [6, 6.07) is 8.54. The van der Waals surface area contributed by atoms with Crippen molar-refractivity contribution in [2.45, 2.75) is 18.8 Å². The first-order chi connectivity index (χ1) is 14.3. The fraction of sp³-hybridized carbons (Fsp3) is 0.429. The molecule has 3 heterocycles. The number of carbonyl (C=O) groups is 4. The Hall–Kier alpha value is -3.38. The standard InChI is InChI=1S/C21H22N4O5/c1-23-19-13(7-8-24-9-10-25(12-24)11-17(27)28)3-2-4-14(19)18(21(23)30)15-5-6-16(26)22-20(15)29/h2-4,15,18H,5-6,9-12H2,1H3,(H,27,28)(H,22,26,29). The molecule has 30 heavy (non-hydrogen) atoms. The summed E-state index contributed by atoms with van der Waals surface area (Å²) < 4.78 is 0. The van der Waals surface area contributed by atoms with Crippen LogP contribution in [0.25, 0.3) is 0 Å². The molecule has 0 saturated carbocycles. The number of amides is 3. The van der Waals surface area contributed by atoms with E-state index in [1.54, 1.807) is 11.9 Å². The smallest absolute Gasteiger partial charge is 0.317 e. The van der Waals surface area contributed by atoms with Crippen molar-refractivity contribution in [3.63, 3.8) is 0 Å². The second-order valence-corrected chi connectivity index (χ2v) is 7.76. The zero-order valence-corrected chi connectivity index (χ0v) is 16.6. The van der Waals surface area contributed by atoms with Crippen molar-refractivity contribution in [2.24, 2.45) is 5.92 Å². The van der Waals surface area contributed by atoms with Crippen LogP contribution in [-0.2, 0) is 19.2 Å². The summed E-state index contributed by atoms with van der Waals surface area (Å²) in [7, 11) is 1.67. The number of piperidine rings is 1. The number of aliphatic carboxylic acids is 1. The summed E-state index contributed by atoms with van der Waals surface area (Å²) in [4.78, 5) is 52.9. The highest BCUT2D eigenvalue weighted by molar-refractivity contribution is 6.10. The average molecular weight is 410 g/mol. The molecule has 2 fully saturated rings. The number of benzene rings is 1. The molecule has 2 atom stereocenters. The predicted molar refractivity (Wildman–Crippen MR) is 106 cm³/mol. The maximum absolute atomic E-state index is 13.0. The van der Waals surface area contributed by atoms with Gasteiger partial charge in [-0.3, -0.25) is 29.4 Å². The average Bonchev–Trinajstić information content (AvgIpc) is 3.23. The molecule has 3 aliphatic rings. The van der Waals surface area contributed by atoms with E-state index in [1.165, 1.54) is 4.90 Å². The Balaban J connectivity index is 1.59. The largest absolute Gasteiger partial charge is 0.480 e. The third kappa shape index (κ3) is 3.62. The van der Waals surface area contributed by atoms with Gasteiger partial charge in [0.25, 0.3) is 0 Å². The van der Waals surface area contributed by atoms with Gasteiger partial charge in [-0.25, -0.2) is 0 Å². The number of carboxylic acid groups (broad SMARTS) is 1. The number of fused-ring (bicyclic) bond motifs is 1. The number of carbonyl (C=O) groups excluding carboxylic acids is 3. The van der Waals surface area contributed by atoms with E-state index in [4.69, 9.17) is 5.11 Å². The number of likely N-dealkylation sites (N-methyl/N-ethyl adjacent to an activating group) is 1. The van der Waals surface area contributed by atoms with E-state index in [0.29, 0.717) is 37.4 Å². The van der Waals surface area contributed by atoms with Crippen molar-refractivity contribution < 1.29 is 24.3 Å². The Kier molecular flexibility index (Phi) is 5.18. The lowest BCUT2D eigenvalue weighted by Crippen LogP contribution is -2.44. The number of nitrogens with one attached hydrogen (secondary N) is 1. The van der Waals surface area contributed by atoms with E-state index in [1.807, 2.05) is 23.1 Å². The number of carboxylic acids is 1. The van der Waals surface area contributed by atoms with Gasteiger partial charge in [0.05, 0.1) is 36.3 Å². The van der Waals surface area contributed by atoms with E-state index in [-0.39, 0.29) is 24.8 Å². The first-order valence-corrected chi connectivity index (χ1v) is 9.80. The van der Waals surface area contributed by atoms with Crippen LogP contribution in [0.2, 0.25) is 0 Å². The lowest BCUT2D eigenvalue weighted by Gasteiger charge is -2.25. The molecule has 0 aromatic heterocycles. The normalized spacial score (nSPS) is 23.8. The van der Waals surface area contributed by atoms with Crippen molar-refractivity contribution in [2.75, 3.05) is 38.3 Å². The summed E-state index contributed by atoms with van der Waals surface area (Å²) in [6.45, 7) is 1.69. The monoisotopic (exact) mass is 410 g/mol. The second kappa shape index (κ2) is 7.80. The molecule has 1 aromatic carbocycles. The van der Waals surface area contributed by atoms with Gasteiger partial charge in [-0.1, -0.05) is 12.1 Å². The molecule has 1 aromatic rings. The third-order valence-electron chi connectivity index (χ3n) is 5.78. The zero-order chi connectivity index (χ0) is 21.4. The minimum atomic E-state index is -0.870. The van der Waals surface area contributed by atoms with Gasteiger partial charge in [0.15, 0.2) is 0 Å². The molecule has 2 saturated heterocycles. The molecular formula is C21H22N4O5. The van der Waals surface area contributed by atoms with Crippen LogP contribution in [0.1, 0.15) is 29.9 Å². The Labute approximate surface area is 173 Å². The molecule has 2 N–H and O–H groups in total. The first kappa shape index (κ1) is 19.9.